The van der Waals surface area contributed by atoms with Crippen molar-refractivity contribution in [3.63, 3.8) is 0 Å². The van der Waals surface area contributed by atoms with Gasteiger partial charge in [-0.3, -0.25) is 4.90 Å². The molecule has 3 unspecified atom stereocenters. The zero-order chi connectivity index (χ0) is 14.4. The number of nitrogens with zero attached hydrogens (tertiary/aromatic N) is 1. The molecule has 0 radical (unpaired) electrons. The van der Waals surface area contributed by atoms with Gasteiger partial charge in [0.2, 0.25) is 0 Å². The van der Waals surface area contributed by atoms with Crippen molar-refractivity contribution in [2.45, 2.75) is 64.6 Å². The van der Waals surface area contributed by atoms with E-state index >= 15 is 0 Å². The maximum absolute atomic E-state index is 3.73. The van der Waals surface area contributed by atoms with Crippen LogP contribution >= 0.6 is 0 Å². The predicted octanol–water partition coefficient (Wildman–Crippen LogP) is 3.99. The average Bonchev–Trinajstić information content (AvgIpc) is 2.47. The summed E-state index contributed by atoms with van der Waals surface area (Å²) in [6.07, 6.45) is 5.27. The second-order valence-electron chi connectivity index (χ2n) is 6.24. The lowest BCUT2D eigenvalue weighted by Gasteiger charge is -2.41. The van der Waals surface area contributed by atoms with Gasteiger partial charge in [-0.25, -0.2) is 0 Å². The summed E-state index contributed by atoms with van der Waals surface area (Å²) in [5, 5.41) is 3.73. The Morgan fingerprint density at radius 2 is 1.80 bits per heavy atom. The van der Waals surface area contributed by atoms with E-state index in [1.807, 2.05) is 0 Å². The van der Waals surface area contributed by atoms with Crippen LogP contribution in [0.5, 0.6) is 0 Å². The summed E-state index contributed by atoms with van der Waals surface area (Å²) in [7, 11) is 0. The van der Waals surface area contributed by atoms with Gasteiger partial charge < -0.3 is 5.32 Å². The lowest BCUT2D eigenvalue weighted by atomic mass is 9.95. The molecule has 0 aliphatic carbocycles. The summed E-state index contributed by atoms with van der Waals surface area (Å²) in [5.41, 5.74) is 1.42. The third-order valence-corrected chi connectivity index (χ3v) is 4.61. The first-order valence-electron chi connectivity index (χ1n) is 8.26. The zero-order valence-corrected chi connectivity index (χ0v) is 13.3. The van der Waals surface area contributed by atoms with Crippen molar-refractivity contribution >= 4 is 0 Å². The van der Waals surface area contributed by atoms with Crippen LogP contribution in [-0.2, 0) is 0 Å². The minimum absolute atomic E-state index is 0.458. The van der Waals surface area contributed by atoms with Crippen LogP contribution in [0.25, 0.3) is 0 Å². The van der Waals surface area contributed by atoms with Crippen LogP contribution in [0.2, 0.25) is 0 Å². The maximum Gasteiger partial charge on any atom is 0.0449 e. The van der Waals surface area contributed by atoms with Gasteiger partial charge >= 0.3 is 0 Å². The Bertz CT molecular complexity index is 366. The Balaban J connectivity index is 2.06. The normalized spacial score (nSPS) is 25.6. The first kappa shape index (κ1) is 15.5. The highest BCUT2D eigenvalue weighted by Gasteiger charge is 2.27. The van der Waals surface area contributed by atoms with Gasteiger partial charge in [-0.05, 0) is 45.2 Å². The van der Waals surface area contributed by atoms with Crippen molar-refractivity contribution in [1.29, 1.82) is 0 Å². The molecule has 0 aromatic heterocycles. The van der Waals surface area contributed by atoms with E-state index in [0.29, 0.717) is 18.1 Å². The van der Waals surface area contributed by atoms with E-state index in [1.165, 1.54) is 31.2 Å². The first-order valence-corrected chi connectivity index (χ1v) is 8.26. The van der Waals surface area contributed by atoms with E-state index in [4.69, 9.17) is 0 Å². The number of nitrogens with one attached hydrogen (secondary N) is 1. The van der Waals surface area contributed by atoms with Gasteiger partial charge in [0.25, 0.3) is 0 Å². The fraction of sp³-hybridized carbons (Fsp3) is 0.667. The van der Waals surface area contributed by atoms with E-state index in [9.17, 15) is 0 Å². The summed E-state index contributed by atoms with van der Waals surface area (Å²) in [6.45, 7) is 9.23. The van der Waals surface area contributed by atoms with E-state index in [2.05, 4.69) is 61.3 Å². The van der Waals surface area contributed by atoms with Gasteiger partial charge in [0, 0.05) is 24.7 Å². The molecule has 0 spiro atoms. The largest absolute Gasteiger partial charge is 0.309 e. The van der Waals surface area contributed by atoms with Gasteiger partial charge in [0.05, 0.1) is 0 Å². The predicted molar refractivity (Wildman–Crippen MR) is 87.0 cm³/mol. The van der Waals surface area contributed by atoms with Gasteiger partial charge in [-0.1, -0.05) is 43.7 Å². The summed E-state index contributed by atoms with van der Waals surface area (Å²) in [5.74, 6) is 0. The highest BCUT2D eigenvalue weighted by Crippen LogP contribution is 2.25. The second-order valence-corrected chi connectivity index (χ2v) is 6.24. The van der Waals surface area contributed by atoms with E-state index in [0.717, 1.165) is 13.1 Å². The first-order chi connectivity index (χ1) is 9.72. The fourth-order valence-electron chi connectivity index (χ4n) is 3.34. The highest BCUT2D eigenvalue weighted by atomic mass is 15.2. The van der Waals surface area contributed by atoms with Crippen molar-refractivity contribution in [2.75, 3.05) is 13.1 Å². The molecule has 0 amide bonds. The molecule has 3 atom stereocenters. The molecule has 1 N–H and O–H groups in total. The number of hydrogen-bond acceptors (Lipinski definition) is 2. The number of rotatable bonds is 6. The van der Waals surface area contributed by atoms with Crippen molar-refractivity contribution < 1.29 is 0 Å². The smallest absolute Gasteiger partial charge is 0.0449 e. The lowest BCUT2D eigenvalue weighted by molar-refractivity contribution is 0.0908. The molecule has 2 heteroatoms. The number of piperidine rings is 1. The molecular formula is C18H30N2. The van der Waals surface area contributed by atoms with Gasteiger partial charge in [-0.15, -0.1) is 0 Å². The molecule has 1 heterocycles. The van der Waals surface area contributed by atoms with Crippen LogP contribution in [-0.4, -0.2) is 30.1 Å². The SMILES string of the molecule is CCCNC(CN1C(C)CCCC1C)c1ccccc1. The Kier molecular flexibility index (Phi) is 6.06. The number of hydrogen-bond donors (Lipinski definition) is 1. The molecule has 2 nitrogen and oxygen atoms in total. The second kappa shape index (κ2) is 7.80. The van der Waals surface area contributed by atoms with Crippen LogP contribution in [0, 0.1) is 0 Å². The van der Waals surface area contributed by atoms with Crippen LogP contribution in [0.3, 0.4) is 0 Å². The molecule has 1 aromatic rings. The van der Waals surface area contributed by atoms with Crippen LogP contribution < -0.4 is 5.32 Å². The molecule has 1 aromatic carbocycles. The van der Waals surface area contributed by atoms with Crippen molar-refractivity contribution in [1.82, 2.24) is 10.2 Å². The molecule has 2 rings (SSSR count). The minimum Gasteiger partial charge on any atom is -0.309 e. The Labute approximate surface area is 124 Å². The monoisotopic (exact) mass is 274 g/mol. The number of likely N-dealkylation sites (tertiary alicyclic amines) is 1. The Morgan fingerprint density at radius 1 is 1.15 bits per heavy atom. The summed E-state index contributed by atoms with van der Waals surface area (Å²) in [6, 6.07) is 12.8. The fourth-order valence-corrected chi connectivity index (χ4v) is 3.34. The zero-order valence-electron chi connectivity index (χ0n) is 13.3. The molecule has 1 aliphatic rings. The third kappa shape index (κ3) is 4.07. The highest BCUT2D eigenvalue weighted by molar-refractivity contribution is 5.19. The summed E-state index contributed by atoms with van der Waals surface area (Å²) in [4.78, 5) is 2.70. The maximum atomic E-state index is 3.73. The summed E-state index contributed by atoms with van der Waals surface area (Å²) >= 11 is 0. The topological polar surface area (TPSA) is 15.3 Å². The standard InChI is InChI=1S/C18H30N2/c1-4-13-19-18(17-11-6-5-7-12-17)14-20-15(2)9-8-10-16(20)3/h5-7,11-12,15-16,18-19H,4,8-10,13-14H2,1-3H3. The molecular weight excluding hydrogens is 244 g/mol. The van der Waals surface area contributed by atoms with Gasteiger partial charge in [0.15, 0.2) is 0 Å². The third-order valence-electron chi connectivity index (χ3n) is 4.61. The molecule has 1 aliphatic heterocycles. The Hall–Kier alpha value is -0.860. The molecule has 0 bridgehead atoms. The molecule has 1 fully saturated rings. The van der Waals surface area contributed by atoms with E-state index in [1.54, 1.807) is 0 Å². The van der Waals surface area contributed by atoms with E-state index in [-0.39, 0.29) is 0 Å². The molecule has 1 saturated heterocycles. The minimum atomic E-state index is 0.458. The molecule has 20 heavy (non-hydrogen) atoms. The van der Waals surface area contributed by atoms with Crippen molar-refractivity contribution in [3.05, 3.63) is 35.9 Å². The average molecular weight is 274 g/mol. The molecule has 0 saturated carbocycles. The van der Waals surface area contributed by atoms with Crippen LogP contribution in [0.15, 0.2) is 30.3 Å². The van der Waals surface area contributed by atoms with Crippen LogP contribution in [0.1, 0.15) is 58.1 Å². The van der Waals surface area contributed by atoms with Gasteiger partial charge in [-0.2, -0.15) is 0 Å². The lowest BCUT2D eigenvalue weighted by Crippen LogP contribution is -2.47. The molecule has 112 valence electrons. The Morgan fingerprint density at radius 3 is 2.40 bits per heavy atom. The summed E-state index contributed by atoms with van der Waals surface area (Å²) < 4.78 is 0. The number of benzene rings is 1. The van der Waals surface area contributed by atoms with Crippen molar-refractivity contribution in [3.8, 4) is 0 Å². The van der Waals surface area contributed by atoms with E-state index < -0.39 is 0 Å². The van der Waals surface area contributed by atoms with Crippen LogP contribution in [0.4, 0.5) is 0 Å². The quantitative estimate of drug-likeness (QED) is 0.844. The van der Waals surface area contributed by atoms with Gasteiger partial charge in [0.1, 0.15) is 0 Å². The van der Waals surface area contributed by atoms with Crippen molar-refractivity contribution in [2.24, 2.45) is 0 Å².